The standard InChI is InChI=1S/C66H40O/c1-2-13-41(14-3-1)42-25-29-46(30-26-42)63-52-19-8-10-21-54(52)64(55-22-11-9-20-53(55)63)47-31-27-45(28-32-47)50-23-12-24-56-59(40-60-49-17-6-4-15-43(49)33-36-57(60)65(50)56)48-34-37-58-62(39-48)67-61-38-35-44-16-5-7-18-51(44)66(58)61/h1-40H. The van der Waals surface area contributed by atoms with Gasteiger partial charge >= 0.3 is 0 Å². The van der Waals surface area contributed by atoms with Crippen molar-refractivity contribution < 1.29 is 4.42 Å². The lowest BCUT2D eigenvalue weighted by molar-refractivity contribution is 0.669. The summed E-state index contributed by atoms with van der Waals surface area (Å²) in [7, 11) is 0. The van der Waals surface area contributed by atoms with Crippen molar-refractivity contribution in [3.8, 4) is 55.6 Å². The molecule has 0 aliphatic rings. The van der Waals surface area contributed by atoms with Gasteiger partial charge in [-0.05, 0) is 145 Å². The highest BCUT2D eigenvalue weighted by molar-refractivity contribution is 6.26. The summed E-state index contributed by atoms with van der Waals surface area (Å²) >= 11 is 0. The van der Waals surface area contributed by atoms with Crippen LogP contribution in [0.4, 0.5) is 0 Å². The van der Waals surface area contributed by atoms with Gasteiger partial charge in [-0.3, -0.25) is 0 Å². The van der Waals surface area contributed by atoms with Gasteiger partial charge in [0.05, 0.1) is 0 Å². The fraction of sp³-hybridized carbons (Fsp3) is 0. The zero-order valence-corrected chi connectivity index (χ0v) is 36.5. The monoisotopic (exact) mass is 848 g/mol. The quantitative estimate of drug-likeness (QED) is 0.124. The molecule has 1 aromatic heterocycles. The summed E-state index contributed by atoms with van der Waals surface area (Å²) in [4.78, 5) is 0. The second kappa shape index (κ2) is 14.9. The maximum Gasteiger partial charge on any atom is 0.136 e. The summed E-state index contributed by atoms with van der Waals surface area (Å²) in [6.07, 6.45) is 0. The van der Waals surface area contributed by atoms with Crippen LogP contribution >= 0.6 is 0 Å². The molecule has 1 heteroatoms. The number of hydrogen-bond acceptors (Lipinski definition) is 1. The van der Waals surface area contributed by atoms with Crippen molar-refractivity contribution >= 4 is 86.6 Å². The molecular formula is C66H40O. The topological polar surface area (TPSA) is 13.1 Å². The average molecular weight is 849 g/mol. The Hall–Kier alpha value is -8.78. The van der Waals surface area contributed by atoms with Crippen LogP contribution in [-0.2, 0) is 0 Å². The van der Waals surface area contributed by atoms with Crippen LogP contribution in [0.15, 0.2) is 247 Å². The molecule has 0 saturated carbocycles. The van der Waals surface area contributed by atoms with Gasteiger partial charge in [0.2, 0.25) is 0 Å². The van der Waals surface area contributed by atoms with Crippen molar-refractivity contribution in [1.29, 1.82) is 0 Å². The molecule has 0 atom stereocenters. The molecule has 1 nitrogen and oxygen atoms in total. The fourth-order valence-corrected chi connectivity index (χ4v) is 11.2. The fourth-order valence-electron chi connectivity index (χ4n) is 11.2. The molecule has 0 bridgehead atoms. The van der Waals surface area contributed by atoms with Crippen LogP contribution in [0.5, 0.6) is 0 Å². The molecule has 0 spiro atoms. The Morgan fingerprint density at radius 3 is 1.37 bits per heavy atom. The third-order valence-corrected chi connectivity index (χ3v) is 14.3. The molecule has 0 aliphatic carbocycles. The summed E-state index contributed by atoms with van der Waals surface area (Å²) < 4.78 is 6.64. The van der Waals surface area contributed by atoms with Crippen LogP contribution in [0.25, 0.3) is 142 Å². The van der Waals surface area contributed by atoms with Crippen molar-refractivity contribution in [2.75, 3.05) is 0 Å². The molecule has 13 aromatic carbocycles. The van der Waals surface area contributed by atoms with Gasteiger partial charge in [0.25, 0.3) is 0 Å². The van der Waals surface area contributed by atoms with E-state index in [9.17, 15) is 0 Å². The maximum absolute atomic E-state index is 6.64. The summed E-state index contributed by atoms with van der Waals surface area (Å²) in [5, 5.41) is 17.2. The molecule has 14 rings (SSSR count). The van der Waals surface area contributed by atoms with Crippen LogP contribution < -0.4 is 0 Å². The molecule has 0 N–H and O–H groups in total. The first-order chi connectivity index (χ1) is 33.2. The second-order valence-corrected chi connectivity index (χ2v) is 17.9. The molecule has 1 heterocycles. The number of benzene rings is 13. The van der Waals surface area contributed by atoms with Crippen LogP contribution in [0, 0.1) is 0 Å². The summed E-state index contributed by atoms with van der Waals surface area (Å²) in [5.74, 6) is 0. The SMILES string of the molecule is c1ccc(-c2ccc(-c3c4ccccc4c(-c4ccc(-c5cccc6c(-c7ccc8c(c7)oc7ccc9ccccc9c78)cc7c8ccccc8ccc7c56)cc4)c4ccccc34)cc2)cc1. The van der Waals surface area contributed by atoms with E-state index in [1.165, 1.54) is 120 Å². The van der Waals surface area contributed by atoms with Gasteiger partial charge in [0.1, 0.15) is 11.2 Å². The minimum Gasteiger partial charge on any atom is -0.456 e. The molecule has 310 valence electrons. The van der Waals surface area contributed by atoms with Crippen LogP contribution in [0.3, 0.4) is 0 Å². The Bertz CT molecular complexity index is 4230. The zero-order chi connectivity index (χ0) is 44.0. The van der Waals surface area contributed by atoms with E-state index < -0.39 is 0 Å². The molecule has 67 heavy (non-hydrogen) atoms. The highest BCUT2D eigenvalue weighted by Crippen LogP contribution is 2.47. The Kier molecular flexibility index (Phi) is 8.35. The van der Waals surface area contributed by atoms with Crippen molar-refractivity contribution in [2.45, 2.75) is 0 Å². The number of rotatable bonds is 5. The largest absolute Gasteiger partial charge is 0.456 e. The van der Waals surface area contributed by atoms with E-state index in [1.54, 1.807) is 0 Å². The van der Waals surface area contributed by atoms with Crippen LogP contribution in [-0.4, -0.2) is 0 Å². The van der Waals surface area contributed by atoms with E-state index in [1.807, 2.05) is 0 Å². The van der Waals surface area contributed by atoms with Gasteiger partial charge in [-0.2, -0.15) is 0 Å². The van der Waals surface area contributed by atoms with E-state index in [0.717, 1.165) is 22.1 Å². The smallest absolute Gasteiger partial charge is 0.136 e. The molecule has 14 aromatic rings. The summed E-state index contributed by atoms with van der Waals surface area (Å²) in [6, 6.07) is 89.1. The van der Waals surface area contributed by atoms with Gasteiger partial charge < -0.3 is 4.42 Å². The minimum absolute atomic E-state index is 0.899. The maximum atomic E-state index is 6.64. The highest BCUT2D eigenvalue weighted by atomic mass is 16.3. The first-order valence-corrected chi connectivity index (χ1v) is 23.2. The van der Waals surface area contributed by atoms with Crippen LogP contribution in [0.2, 0.25) is 0 Å². The molecule has 0 radical (unpaired) electrons. The molecule has 0 unspecified atom stereocenters. The lowest BCUT2D eigenvalue weighted by Gasteiger charge is -2.19. The summed E-state index contributed by atoms with van der Waals surface area (Å²) in [6.45, 7) is 0. The minimum atomic E-state index is 0.899. The van der Waals surface area contributed by atoms with E-state index in [4.69, 9.17) is 4.42 Å². The Morgan fingerprint density at radius 2 is 0.701 bits per heavy atom. The number of hydrogen-bond donors (Lipinski definition) is 0. The van der Waals surface area contributed by atoms with E-state index in [-0.39, 0.29) is 0 Å². The average Bonchev–Trinajstić information content (AvgIpc) is 3.79. The zero-order valence-electron chi connectivity index (χ0n) is 36.5. The Balaban J connectivity index is 0.940. The lowest BCUT2D eigenvalue weighted by atomic mass is 9.85. The molecule has 0 aliphatic heterocycles. The second-order valence-electron chi connectivity index (χ2n) is 17.9. The first-order valence-electron chi connectivity index (χ1n) is 23.2. The van der Waals surface area contributed by atoms with Gasteiger partial charge in [0, 0.05) is 10.8 Å². The van der Waals surface area contributed by atoms with Crippen molar-refractivity contribution in [3.63, 3.8) is 0 Å². The van der Waals surface area contributed by atoms with Crippen LogP contribution in [0.1, 0.15) is 0 Å². The lowest BCUT2D eigenvalue weighted by Crippen LogP contribution is -1.91. The predicted octanol–water partition coefficient (Wildman–Crippen LogP) is 18.8. The van der Waals surface area contributed by atoms with Gasteiger partial charge in [0.15, 0.2) is 0 Å². The molecular weight excluding hydrogens is 809 g/mol. The number of fused-ring (bicyclic) bond motifs is 12. The molecule has 0 fully saturated rings. The van der Waals surface area contributed by atoms with Crippen molar-refractivity contribution in [2.24, 2.45) is 0 Å². The first kappa shape index (κ1) is 37.6. The third kappa shape index (κ3) is 5.88. The van der Waals surface area contributed by atoms with Crippen molar-refractivity contribution in [1.82, 2.24) is 0 Å². The molecule has 0 saturated heterocycles. The Labute approximate surface area is 387 Å². The third-order valence-electron chi connectivity index (χ3n) is 14.3. The van der Waals surface area contributed by atoms with E-state index in [0.29, 0.717) is 0 Å². The Morgan fingerprint density at radius 1 is 0.209 bits per heavy atom. The van der Waals surface area contributed by atoms with Gasteiger partial charge in [-0.25, -0.2) is 0 Å². The highest BCUT2D eigenvalue weighted by Gasteiger charge is 2.20. The number of furan rings is 1. The molecule has 0 amide bonds. The summed E-state index contributed by atoms with van der Waals surface area (Å²) in [5.41, 5.74) is 13.9. The normalized spacial score (nSPS) is 11.9. The van der Waals surface area contributed by atoms with Crippen molar-refractivity contribution in [3.05, 3.63) is 243 Å². The van der Waals surface area contributed by atoms with Gasteiger partial charge in [-0.15, -0.1) is 0 Å². The van der Waals surface area contributed by atoms with Gasteiger partial charge in [-0.1, -0.05) is 218 Å². The van der Waals surface area contributed by atoms with E-state index in [2.05, 4.69) is 243 Å². The van der Waals surface area contributed by atoms with E-state index >= 15 is 0 Å². The predicted molar refractivity (Wildman–Crippen MR) is 286 cm³/mol.